The van der Waals surface area contributed by atoms with Gasteiger partial charge in [0, 0.05) is 37.4 Å². The predicted octanol–water partition coefficient (Wildman–Crippen LogP) is 2.46. The molecule has 4 rings (SSSR count). The maximum absolute atomic E-state index is 13.2. The highest BCUT2D eigenvalue weighted by Gasteiger charge is 2.47. The van der Waals surface area contributed by atoms with Gasteiger partial charge in [0.05, 0.1) is 25.9 Å². The van der Waals surface area contributed by atoms with Gasteiger partial charge in [-0.25, -0.2) is 4.79 Å². The van der Waals surface area contributed by atoms with Crippen LogP contribution in [0.4, 0.5) is 0 Å². The number of aliphatic hydroxyl groups excluding tert-OH is 1. The van der Waals surface area contributed by atoms with Gasteiger partial charge >= 0.3 is 5.97 Å². The number of rotatable bonds is 7. The van der Waals surface area contributed by atoms with Crippen molar-refractivity contribution in [2.24, 2.45) is 0 Å². The second-order valence-electron chi connectivity index (χ2n) is 8.87. The van der Waals surface area contributed by atoms with E-state index in [0.717, 1.165) is 19.6 Å². The van der Waals surface area contributed by atoms with Crippen LogP contribution in [-0.4, -0.2) is 84.1 Å². The minimum Gasteiger partial charge on any atom is -0.507 e. The zero-order valence-corrected chi connectivity index (χ0v) is 20.5. The highest BCUT2D eigenvalue weighted by Crippen LogP contribution is 2.41. The van der Waals surface area contributed by atoms with Crippen LogP contribution in [0.15, 0.2) is 22.1 Å². The zero-order valence-electron chi connectivity index (χ0n) is 20.5. The summed E-state index contributed by atoms with van der Waals surface area (Å²) in [5.41, 5.74) is 1.33. The molecule has 10 nitrogen and oxygen atoms in total. The average Bonchev–Trinajstić information content (AvgIpc) is 3.48. The van der Waals surface area contributed by atoms with Crippen LogP contribution < -0.4 is 0 Å². The largest absolute Gasteiger partial charge is 0.507 e. The van der Waals surface area contributed by atoms with Crippen LogP contribution in [0.3, 0.4) is 0 Å². The quantitative estimate of drug-likeness (QED) is 0.265. The number of hydrogen-bond donors (Lipinski definition) is 2. The molecule has 2 aliphatic heterocycles. The molecule has 2 fully saturated rings. The van der Waals surface area contributed by atoms with E-state index in [1.807, 2.05) is 0 Å². The summed E-state index contributed by atoms with van der Waals surface area (Å²) in [6.45, 7) is 9.20. The van der Waals surface area contributed by atoms with Crippen molar-refractivity contribution < 1.29 is 33.4 Å². The number of esters is 1. The lowest BCUT2D eigenvalue weighted by Crippen LogP contribution is -2.38. The molecular weight excluding hydrogens is 454 g/mol. The number of aliphatic hydroxyl groups is 1. The third-order valence-corrected chi connectivity index (χ3v) is 6.61. The number of morpholine rings is 1. The summed E-state index contributed by atoms with van der Waals surface area (Å²) in [6.07, 6.45) is 0.651. The number of ketones is 1. The molecule has 10 heteroatoms. The first-order valence-electron chi connectivity index (χ1n) is 11.7. The Morgan fingerprint density at radius 2 is 1.89 bits per heavy atom. The number of nitrogens with one attached hydrogen (secondary N) is 1. The number of carbonyl (C=O) groups excluding carboxylic acids is 3. The number of ether oxygens (including phenoxy) is 2. The molecule has 0 radical (unpaired) electrons. The fourth-order valence-electron chi connectivity index (χ4n) is 4.84. The van der Waals surface area contributed by atoms with E-state index in [-0.39, 0.29) is 17.0 Å². The summed E-state index contributed by atoms with van der Waals surface area (Å²) >= 11 is 0. The summed E-state index contributed by atoms with van der Waals surface area (Å²) < 4.78 is 16.0. The monoisotopic (exact) mass is 485 g/mol. The van der Waals surface area contributed by atoms with Gasteiger partial charge in [0.2, 0.25) is 0 Å². The molecule has 0 aromatic carbocycles. The Balaban J connectivity index is 1.72. The second-order valence-corrected chi connectivity index (χ2v) is 8.87. The van der Waals surface area contributed by atoms with Crippen molar-refractivity contribution in [2.45, 2.75) is 33.2 Å². The Morgan fingerprint density at radius 3 is 2.51 bits per heavy atom. The Kier molecular flexibility index (Phi) is 7.13. The van der Waals surface area contributed by atoms with E-state index in [4.69, 9.17) is 13.9 Å². The number of aryl methyl sites for hydroxylation is 2. The molecule has 0 aliphatic carbocycles. The first-order valence-corrected chi connectivity index (χ1v) is 11.7. The van der Waals surface area contributed by atoms with Crippen molar-refractivity contribution in [3.05, 3.63) is 51.7 Å². The van der Waals surface area contributed by atoms with Crippen LogP contribution >= 0.6 is 0 Å². The number of likely N-dealkylation sites (tertiary alicyclic amines) is 1. The molecule has 1 amide bonds. The van der Waals surface area contributed by atoms with Crippen molar-refractivity contribution in [3.63, 3.8) is 0 Å². The smallest absolute Gasteiger partial charge is 0.354 e. The number of hydrogen-bond acceptors (Lipinski definition) is 8. The minimum atomic E-state index is -0.872. The molecular formula is C25H31N3O7. The summed E-state index contributed by atoms with van der Waals surface area (Å²) in [5.74, 6) is -1.39. The Hall–Kier alpha value is -3.37. The molecule has 0 bridgehead atoms. The highest BCUT2D eigenvalue weighted by molar-refractivity contribution is 6.46. The van der Waals surface area contributed by atoms with Gasteiger partial charge in [-0.1, -0.05) is 0 Å². The molecule has 1 atom stereocenters. The van der Waals surface area contributed by atoms with Gasteiger partial charge in [0.25, 0.3) is 11.7 Å². The lowest BCUT2D eigenvalue weighted by molar-refractivity contribution is -0.140. The van der Waals surface area contributed by atoms with Crippen LogP contribution in [0.2, 0.25) is 0 Å². The van der Waals surface area contributed by atoms with Crippen LogP contribution in [0.5, 0.6) is 0 Å². The van der Waals surface area contributed by atoms with E-state index < -0.39 is 23.7 Å². The van der Waals surface area contributed by atoms with Crippen molar-refractivity contribution in [1.29, 1.82) is 0 Å². The molecule has 0 unspecified atom stereocenters. The summed E-state index contributed by atoms with van der Waals surface area (Å²) in [4.78, 5) is 45.1. The molecule has 188 valence electrons. The van der Waals surface area contributed by atoms with E-state index in [0.29, 0.717) is 54.5 Å². The SMILES string of the molecule is COC(=O)c1[nH]c(C)c(C(O)=C2C(=O)C(=O)N(CCCN3CCOCC3)[C@@H]2c2ccc(C)o2)c1C. The van der Waals surface area contributed by atoms with E-state index in [1.165, 1.54) is 12.0 Å². The van der Waals surface area contributed by atoms with E-state index in [2.05, 4.69) is 9.88 Å². The van der Waals surface area contributed by atoms with Gasteiger partial charge in [-0.2, -0.15) is 0 Å². The molecule has 2 N–H and O–H groups in total. The van der Waals surface area contributed by atoms with Crippen molar-refractivity contribution in [2.75, 3.05) is 46.5 Å². The molecule has 0 spiro atoms. The maximum atomic E-state index is 13.2. The number of H-pyrrole nitrogens is 1. The van der Waals surface area contributed by atoms with E-state index in [1.54, 1.807) is 32.9 Å². The maximum Gasteiger partial charge on any atom is 0.354 e. The van der Waals surface area contributed by atoms with Crippen LogP contribution in [-0.2, 0) is 19.1 Å². The van der Waals surface area contributed by atoms with Gasteiger partial charge in [-0.3, -0.25) is 14.5 Å². The van der Waals surface area contributed by atoms with Crippen LogP contribution in [0.1, 0.15) is 51.3 Å². The minimum absolute atomic E-state index is 0.0580. The predicted molar refractivity (Wildman–Crippen MR) is 126 cm³/mol. The van der Waals surface area contributed by atoms with Crippen molar-refractivity contribution >= 4 is 23.4 Å². The molecule has 35 heavy (non-hydrogen) atoms. The Bertz CT molecular complexity index is 1170. The number of carbonyl (C=O) groups is 3. The second kappa shape index (κ2) is 10.1. The number of methoxy groups -OCH3 is 1. The zero-order chi connectivity index (χ0) is 25.3. The Labute approximate surface area is 203 Å². The van der Waals surface area contributed by atoms with Gasteiger partial charge in [0.15, 0.2) is 0 Å². The standard InChI is InChI=1S/C25H31N3O7/c1-14-6-7-17(35-14)21-19(22(29)18-15(2)20(25(32)33-4)26-16(18)3)23(30)24(31)28(21)9-5-8-27-10-12-34-13-11-27/h6-7,21,26,29H,5,8-13H2,1-4H3/t21-/m1/s1. The van der Waals surface area contributed by atoms with Gasteiger partial charge in [0.1, 0.15) is 29.0 Å². The van der Waals surface area contributed by atoms with E-state index in [9.17, 15) is 19.5 Å². The molecule has 2 saturated heterocycles. The third kappa shape index (κ3) is 4.63. The van der Waals surface area contributed by atoms with Crippen LogP contribution in [0.25, 0.3) is 5.76 Å². The number of aromatic amines is 1. The summed E-state index contributed by atoms with van der Waals surface area (Å²) in [7, 11) is 1.26. The number of nitrogens with zero attached hydrogens (tertiary/aromatic N) is 2. The lowest BCUT2D eigenvalue weighted by atomic mass is 9.97. The third-order valence-electron chi connectivity index (χ3n) is 6.61. The number of aromatic nitrogens is 1. The fraction of sp³-hybridized carbons (Fsp3) is 0.480. The average molecular weight is 486 g/mol. The van der Waals surface area contributed by atoms with Crippen molar-refractivity contribution in [3.8, 4) is 0 Å². The van der Waals surface area contributed by atoms with Gasteiger partial charge < -0.3 is 28.9 Å². The Morgan fingerprint density at radius 1 is 1.17 bits per heavy atom. The molecule has 2 aromatic heterocycles. The molecule has 4 heterocycles. The summed E-state index contributed by atoms with van der Waals surface area (Å²) in [5, 5.41) is 11.4. The van der Waals surface area contributed by atoms with Crippen molar-refractivity contribution in [1.82, 2.24) is 14.8 Å². The molecule has 2 aliphatic rings. The highest BCUT2D eigenvalue weighted by atomic mass is 16.5. The normalized spacial score (nSPS) is 20.6. The first kappa shape index (κ1) is 24.7. The molecule has 0 saturated carbocycles. The van der Waals surface area contributed by atoms with Gasteiger partial charge in [-0.15, -0.1) is 0 Å². The number of amides is 1. The first-order chi connectivity index (χ1) is 16.7. The fourth-order valence-corrected chi connectivity index (χ4v) is 4.84. The lowest BCUT2D eigenvalue weighted by Gasteiger charge is -2.28. The van der Waals surface area contributed by atoms with E-state index >= 15 is 0 Å². The number of furan rings is 1. The topological polar surface area (TPSA) is 125 Å². The van der Waals surface area contributed by atoms with Gasteiger partial charge in [-0.05, 0) is 44.9 Å². The van der Waals surface area contributed by atoms with Crippen LogP contribution in [0, 0.1) is 20.8 Å². The number of Topliss-reactive ketones (excluding diaryl/α,β-unsaturated/α-hetero) is 1. The molecule has 2 aromatic rings. The summed E-state index contributed by atoms with van der Waals surface area (Å²) in [6, 6.07) is 2.60.